The second-order valence-electron chi connectivity index (χ2n) is 5.54. The average molecular weight is 350 g/mol. The molecule has 2 N–H and O–H groups in total. The molecule has 0 aliphatic carbocycles. The van der Waals surface area contributed by atoms with Crippen LogP contribution in [0.25, 0.3) is 0 Å². The predicted octanol–water partition coefficient (Wildman–Crippen LogP) is 3.69. The Labute approximate surface area is 150 Å². The molecule has 0 aliphatic heterocycles. The summed E-state index contributed by atoms with van der Waals surface area (Å²) in [6.07, 6.45) is 1.44. The zero-order valence-electron chi connectivity index (χ0n) is 14.0. The van der Waals surface area contributed by atoms with E-state index in [0.29, 0.717) is 18.0 Å². The number of furan rings is 1. The number of benzene rings is 2. The lowest BCUT2D eigenvalue weighted by Crippen LogP contribution is -2.18. The second-order valence-corrected chi connectivity index (χ2v) is 5.54. The van der Waals surface area contributed by atoms with Gasteiger partial charge in [0.05, 0.1) is 12.9 Å². The highest BCUT2D eigenvalue weighted by Crippen LogP contribution is 2.15. The molecular weight excluding hydrogens is 332 g/mol. The van der Waals surface area contributed by atoms with Gasteiger partial charge in [-0.25, -0.2) is 0 Å². The van der Waals surface area contributed by atoms with Crippen molar-refractivity contribution in [1.82, 2.24) is 0 Å². The second kappa shape index (κ2) is 8.64. The van der Waals surface area contributed by atoms with E-state index >= 15 is 0 Å². The monoisotopic (exact) mass is 350 g/mol. The van der Waals surface area contributed by atoms with Crippen LogP contribution in [0.15, 0.2) is 77.4 Å². The van der Waals surface area contributed by atoms with Crippen LogP contribution in [0, 0.1) is 0 Å². The van der Waals surface area contributed by atoms with E-state index in [1.54, 1.807) is 36.4 Å². The summed E-state index contributed by atoms with van der Waals surface area (Å²) >= 11 is 0. The zero-order valence-corrected chi connectivity index (χ0v) is 14.0. The standard InChI is InChI=1S/C20H18N2O4/c23-19(14-25-13-15-5-2-1-3-6-15)21-16-8-10-17(11-9-16)22-20(24)18-7-4-12-26-18/h1-12H,13-14H2,(H,21,23)(H,22,24). The van der Waals surface area contributed by atoms with Crippen LogP contribution in [0.4, 0.5) is 11.4 Å². The highest BCUT2D eigenvalue weighted by atomic mass is 16.5. The Hall–Kier alpha value is -3.38. The fourth-order valence-electron chi connectivity index (χ4n) is 2.27. The Bertz CT molecular complexity index is 843. The van der Waals surface area contributed by atoms with Crippen molar-refractivity contribution in [3.63, 3.8) is 0 Å². The molecule has 0 spiro atoms. The molecule has 6 nitrogen and oxygen atoms in total. The molecule has 0 saturated heterocycles. The van der Waals surface area contributed by atoms with Gasteiger partial charge in [-0.05, 0) is 42.0 Å². The minimum Gasteiger partial charge on any atom is -0.459 e. The predicted molar refractivity (Wildman–Crippen MR) is 97.8 cm³/mol. The molecule has 3 aromatic rings. The molecule has 2 aromatic carbocycles. The summed E-state index contributed by atoms with van der Waals surface area (Å²) in [5.74, 6) is -0.340. The van der Waals surface area contributed by atoms with Crippen molar-refractivity contribution >= 4 is 23.2 Å². The van der Waals surface area contributed by atoms with E-state index in [1.807, 2.05) is 30.3 Å². The number of anilines is 2. The quantitative estimate of drug-likeness (QED) is 0.681. The van der Waals surface area contributed by atoms with E-state index in [1.165, 1.54) is 6.26 Å². The lowest BCUT2D eigenvalue weighted by Gasteiger charge is -2.08. The SMILES string of the molecule is O=C(COCc1ccccc1)Nc1ccc(NC(=O)c2ccco2)cc1. The third-order valence-electron chi connectivity index (χ3n) is 3.52. The highest BCUT2D eigenvalue weighted by Gasteiger charge is 2.09. The molecule has 0 unspecified atom stereocenters. The maximum atomic E-state index is 11.9. The van der Waals surface area contributed by atoms with Crippen molar-refractivity contribution in [3.8, 4) is 0 Å². The number of nitrogens with one attached hydrogen (secondary N) is 2. The average Bonchev–Trinajstić information content (AvgIpc) is 3.19. The van der Waals surface area contributed by atoms with Crippen molar-refractivity contribution in [2.45, 2.75) is 6.61 Å². The summed E-state index contributed by atoms with van der Waals surface area (Å²) < 4.78 is 10.4. The summed E-state index contributed by atoms with van der Waals surface area (Å²) in [6.45, 7) is 0.345. The number of carbonyl (C=O) groups excluding carboxylic acids is 2. The Kier molecular flexibility index (Phi) is 5.80. The molecule has 0 bridgehead atoms. The Morgan fingerprint density at radius 1 is 0.846 bits per heavy atom. The smallest absolute Gasteiger partial charge is 0.291 e. The fourth-order valence-corrected chi connectivity index (χ4v) is 2.27. The van der Waals surface area contributed by atoms with Crippen molar-refractivity contribution < 1.29 is 18.7 Å². The summed E-state index contributed by atoms with van der Waals surface area (Å²) in [5.41, 5.74) is 2.23. The van der Waals surface area contributed by atoms with Crippen LogP contribution in [0.3, 0.4) is 0 Å². The number of carbonyl (C=O) groups is 2. The summed E-state index contributed by atoms with van der Waals surface area (Å²) in [6, 6.07) is 19.7. The number of hydrogen-bond donors (Lipinski definition) is 2. The minimum absolute atomic E-state index is 0.0358. The highest BCUT2D eigenvalue weighted by molar-refractivity contribution is 6.02. The van der Waals surface area contributed by atoms with Crippen LogP contribution < -0.4 is 10.6 Å². The van der Waals surface area contributed by atoms with E-state index in [-0.39, 0.29) is 24.2 Å². The van der Waals surface area contributed by atoms with Crippen LogP contribution >= 0.6 is 0 Å². The van der Waals surface area contributed by atoms with Crippen LogP contribution in [-0.2, 0) is 16.1 Å². The van der Waals surface area contributed by atoms with Gasteiger partial charge in [0.15, 0.2) is 5.76 Å². The minimum atomic E-state index is -0.332. The van der Waals surface area contributed by atoms with Crippen molar-refractivity contribution in [3.05, 3.63) is 84.3 Å². The maximum absolute atomic E-state index is 11.9. The van der Waals surface area contributed by atoms with Gasteiger partial charge in [-0.3, -0.25) is 9.59 Å². The van der Waals surface area contributed by atoms with E-state index < -0.39 is 0 Å². The third kappa shape index (κ3) is 5.06. The number of hydrogen-bond acceptors (Lipinski definition) is 4. The molecule has 0 radical (unpaired) electrons. The van der Waals surface area contributed by atoms with Gasteiger partial charge in [0.1, 0.15) is 6.61 Å². The molecule has 0 aliphatic rings. The number of rotatable bonds is 7. The van der Waals surface area contributed by atoms with Crippen molar-refractivity contribution in [2.24, 2.45) is 0 Å². The molecule has 1 aromatic heterocycles. The van der Waals surface area contributed by atoms with Gasteiger partial charge < -0.3 is 19.8 Å². The van der Waals surface area contributed by atoms with Crippen LogP contribution in [0.1, 0.15) is 16.1 Å². The first-order valence-electron chi connectivity index (χ1n) is 8.07. The topological polar surface area (TPSA) is 80.6 Å². The van der Waals surface area contributed by atoms with E-state index in [9.17, 15) is 9.59 Å². The molecule has 1 heterocycles. The molecule has 2 amide bonds. The van der Waals surface area contributed by atoms with Crippen LogP contribution in [-0.4, -0.2) is 18.4 Å². The molecule has 0 saturated carbocycles. The largest absolute Gasteiger partial charge is 0.459 e. The van der Waals surface area contributed by atoms with E-state index in [4.69, 9.17) is 9.15 Å². The fraction of sp³-hybridized carbons (Fsp3) is 0.100. The Morgan fingerprint density at radius 3 is 2.19 bits per heavy atom. The van der Waals surface area contributed by atoms with Crippen LogP contribution in [0.2, 0.25) is 0 Å². The molecule has 0 atom stereocenters. The van der Waals surface area contributed by atoms with Gasteiger partial charge in [0, 0.05) is 11.4 Å². The lowest BCUT2D eigenvalue weighted by atomic mass is 10.2. The van der Waals surface area contributed by atoms with E-state index in [0.717, 1.165) is 5.56 Å². The Balaban J connectivity index is 1.44. The summed E-state index contributed by atoms with van der Waals surface area (Å²) in [4.78, 5) is 23.8. The molecular formula is C20H18N2O4. The first-order valence-corrected chi connectivity index (χ1v) is 8.07. The van der Waals surface area contributed by atoms with Gasteiger partial charge in [0.25, 0.3) is 5.91 Å². The lowest BCUT2D eigenvalue weighted by molar-refractivity contribution is -0.121. The van der Waals surface area contributed by atoms with Gasteiger partial charge in [-0.2, -0.15) is 0 Å². The third-order valence-corrected chi connectivity index (χ3v) is 3.52. The van der Waals surface area contributed by atoms with Gasteiger partial charge in [-0.1, -0.05) is 30.3 Å². The Morgan fingerprint density at radius 2 is 1.54 bits per heavy atom. The maximum Gasteiger partial charge on any atom is 0.291 e. The first-order chi connectivity index (χ1) is 12.7. The van der Waals surface area contributed by atoms with Gasteiger partial charge in [0.2, 0.25) is 5.91 Å². The zero-order chi connectivity index (χ0) is 18.2. The van der Waals surface area contributed by atoms with Gasteiger partial charge in [-0.15, -0.1) is 0 Å². The molecule has 26 heavy (non-hydrogen) atoms. The molecule has 6 heteroatoms. The molecule has 0 fully saturated rings. The normalized spacial score (nSPS) is 10.3. The van der Waals surface area contributed by atoms with E-state index in [2.05, 4.69) is 10.6 Å². The number of amides is 2. The summed E-state index contributed by atoms with van der Waals surface area (Å²) in [7, 11) is 0. The number of ether oxygens (including phenoxy) is 1. The van der Waals surface area contributed by atoms with Crippen molar-refractivity contribution in [1.29, 1.82) is 0 Å². The van der Waals surface area contributed by atoms with Crippen LogP contribution in [0.5, 0.6) is 0 Å². The van der Waals surface area contributed by atoms with Gasteiger partial charge >= 0.3 is 0 Å². The molecule has 132 valence electrons. The first kappa shape index (κ1) is 17.4. The summed E-state index contributed by atoms with van der Waals surface area (Å²) in [5, 5.41) is 5.45. The van der Waals surface area contributed by atoms with Crippen molar-refractivity contribution in [2.75, 3.05) is 17.2 Å². The molecule has 3 rings (SSSR count).